The Bertz CT molecular complexity index is 647. The molecule has 1 atom stereocenters. The van der Waals surface area contributed by atoms with Crippen LogP contribution in [0.25, 0.3) is 0 Å². The lowest BCUT2D eigenvalue weighted by Crippen LogP contribution is -2.33. The molecule has 0 saturated carbocycles. The highest BCUT2D eigenvalue weighted by atomic mass is 32.2. The normalized spacial score (nSPS) is 18.8. The Labute approximate surface area is 118 Å². The standard InChI is InChI=1S/C13H18N2O4S/c1-8-10-7-9(5-6-11(10)14-12(8)16)20(17,18)15-19-13(2,3)4/h5-8,15H,1-4H3,(H,14,16). The first-order valence-electron chi connectivity index (χ1n) is 6.25. The molecule has 1 aliphatic heterocycles. The van der Waals surface area contributed by atoms with Crippen molar-refractivity contribution >= 4 is 21.6 Å². The average molecular weight is 298 g/mol. The quantitative estimate of drug-likeness (QED) is 0.833. The van der Waals surface area contributed by atoms with Crippen LogP contribution in [0, 0.1) is 0 Å². The maximum absolute atomic E-state index is 12.1. The number of sulfonamides is 1. The second-order valence-electron chi connectivity index (χ2n) is 5.76. The highest BCUT2D eigenvalue weighted by molar-refractivity contribution is 7.89. The molecule has 20 heavy (non-hydrogen) atoms. The molecule has 1 amide bonds. The fourth-order valence-corrected chi connectivity index (χ4v) is 2.78. The molecular weight excluding hydrogens is 280 g/mol. The molecule has 1 aromatic carbocycles. The van der Waals surface area contributed by atoms with E-state index in [0.717, 1.165) is 0 Å². The average Bonchev–Trinajstić information content (AvgIpc) is 2.62. The molecule has 0 bridgehead atoms. The highest BCUT2D eigenvalue weighted by Crippen LogP contribution is 2.33. The molecule has 6 nitrogen and oxygen atoms in total. The molecule has 1 aromatic rings. The summed E-state index contributed by atoms with van der Waals surface area (Å²) < 4.78 is 24.3. The molecule has 7 heteroatoms. The van der Waals surface area contributed by atoms with Crippen molar-refractivity contribution in [3.05, 3.63) is 23.8 Å². The summed E-state index contributed by atoms with van der Waals surface area (Å²) in [4.78, 5) is 18.8. The Hall–Kier alpha value is -1.44. The molecule has 1 unspecified atom stereocenters. The smallest absolute Gasteiger partial charge is 0.262 e. The molecule has 0 radical (unpaired) electrons. The van der Waals surface area contributed by atoms with E-state index in [2.05, 4.69) is 10.2 Å². The molecule has 0 saturated heterocycles. The van der Waals surface area contributed by atoms with E-state index in [9.17, 15) is 13.2 Å². The second-order valence-corrected chi connectivity index (χ2v) is 7.41. The Morgan fingerprint density at radius 3 is 2.55 bits per heavy atom. The summed E-state index contributed by atoms with van der Waals surface area (Å²) in [7, 11) is -3.77. The van der Waals surface area contributed by atoms with E-state index >= 15 is 0 Å². The van der Waals surface area contributed by atoms with Crippen molar-refractivity contribution in [2.75, 3.05) is 5.32 Å². The minimum absolute atomic E-state index is 0.0730. The van der Waals surface area contributed by atoms with Gasteiger partial charge in [-0.3, -0.25) is 9.63 Å². The molecule has 0 aliphatic carbocycles. The molecule has 0 aromatic heterocycles. The van der Waals surface area contributed by atoms with E-state index in [1.54, 1.807) is 33.8 Å². The van der Waals surface area contributed by atoms with Crippen LogP contribution >= 0.6 is 0 Å². The Morgan fingerprint density at radius 2 is 1.95 bits per heavy atom. The van der Waals surface area contributed by atoms with E-state index in [0.29, 0.717) is 11.3 Å². The van der Waals surface area contributed by atoms with Crippen molar-refractivity contribution in [3.8, 4) is 0 Å². The molecule has 2 rings (SSSR count). The van der Waals surface area contributed by atoms with Crippen LogP contribution in [0.5, 0.6) is 0 Å². The first-order valence-corrected chi connectivity index (χ1v) is 7.73. The van der Waals surface area contributed by atoms with Crippen molar-refractivity contribution in [1.82, 2.24) is 4.89 Å². The van der Waals surface area contributed by atoms with Crippen LogP contribution in [-0.2, 0) is 19.7 Å². The molecule has 1 aliphatic rings. The first-order chi connectivity index (χ1) is 9.10. The van der Waals surface area contributed by atoms with Crippen LogP contribution in [-0.4, -0.2) is 19.9 Å². The van der Waals surface area contributed by atoms with Gasteiger partial charge in [0.25, 0.3) is 10.0 Å². The second kappa shape index (κ2) is 4.83. The molecule has 0 spiro atoms. The number of carbonyl (C=O) groups excluding carboxylic acids is 1. The monoisotopic (exact) mass is 298 g/mol. The number of anilines is 1. The van der Waals surface area contributed by atoms with Gasteiger partial charge in [0, 0.05) is 5.69 Å². The van der Waals surface area contributed by atoms with Crippen molar-refractivity contribution < 1.29 is 18.0 Å². The Kier molecular flexibility index (Phi) is 3.62. The summed E-state index contributed by atoms with van der Waals surface area (Å²) >= 11 is 0. The SMILES string of the molecule is CC1C(=O)Nc2ccc(S(=O)(=O)NOC(C)(C)C)cc21. The van der Waals surface area contributed by atoms with E-state index < -0.39 is 15.6 Å². The van der Waals surface area contributed by atoms with Crippen molar-refractivity contribution in [3.63, 3.8) is 0 Å². The largest absolute Gasteiger partial charge is 0.325 e. The zero-order chi connectivity index (χ0) is 15.1. The number of nitrogens with one attached hydrogen (secondary N) is 2. The third-order valence-electron chi connectivity index (χ3n) is 2.91. The minimum atomic E-state index is -3.77. The zero-order valence-corrected chi connectivity index (χ0v) is 12.7. The highest BCUT2D eigenvalue weighted by Gasteiger charge is 2.28. The van der Waals surface area contributed by atoms with Gasteiger partial charge >= 0.3 is 0 Å². The number of amides is 1. The maximum atomic E-state index is 12.1. The van der Waals surface area contributed by atoms with E-state index in [4.69, 9.17) is 4.84 Å². The van der Waals surface area contributed by atoms with Crippen molar-refractivity contribution in [2.24, 2.45) is 0 Å². The summed E-state index contributed by atoms with van der Waals surface area (Å²) in [5.74, 6) is -0.489. The predicted molar refractivity (Wildman–Crippen MR) is 74.6 cm³/mol. The van der Waals surface area contributed by atoms with Gasteiger partial charge in [-0.1, -0.05) is 4.89 Å². The molecule has 0 fully saturated rings. The first kappa shape index (κ1) is 15.0. The number of hydrogen-bond acceptors (Lipinski definition) is 4. The van der Waals surface area contributed by atoms with Crippen LogP contribution in [0.4, 0.5) is 5.69 Å². The minimum Gasteiger partial charge on any atom is -0.325 e. The van der Waals surface area contributed by atoms with Gasteiger partial charge < -0.3 is 5.32 Å². The molecule has 2 N–H and O–H groups in total. The van der Waals surface area contributed by atoms with Crippen LogP contribution < -0.4 is 10.2 Å². The third kappa shape index (κ3) is 3.00. The summed E-state index contributed by atoms with van der Waals surface area (Å²) in [6.07, 6.45) is 0. The van der Waals surface area contributed by atoms with Gasteiger partial charge in [0.2, 0.25) is 5.91 Å². The fraction of sp³-hybridized carbons (Fsp3) is 0.462. The predicted octanol–water partition coefficient (Wildman–Crippen LogP) is 1.75. The van der Waals surface area contributed by atoms with E-state index in [1.165, 1.54) is 12.1 Å². The van der Waals surface area contributed by atoms with Gasteiger partial charge in [0.15, 0.2) is 0 Å². The van der Waals surface area contributed by atoms with Gasteiger partial charge in [-0.25, -0.2) is 8.42 Å². The molecule has 110 valence electrons. The van der Waals surface area contributed by atoms with Crippen LogP contribution in [0.1, 0.15) is 39.2 Å². The maximum Gasteiger partial charge on any atom is 0.262 e. The topological polar surface area (TPSA) is 84.5 Å². The number of carbonyl (C=O) groups is 1. The lowest BCUT2D eigenvalue weighted by Gasteiger charge is -2.19. The Morgan fingerprint density at radius 1 is 1.30 bits per heavy atom. The van der Waals surface area contributed by atoms with E-state index in [-0.39, 0.29) is 16.7 Å². The lowest BCUT2D eigenvalue weighted by molar-refractivity contribution is -0.116. The zero-order valence-electron chi connectivity index (χ0n) is 11.9. The Balaban J connectivity index is 2.29. The number of hydrogen-bond donors (Lipinski definition) is 2. The van der Waals surface area contributed by atoms with Gasteiger partial charge in [0.1, 0.15) is 0 Å². The van der Waals surface area contributed by atoms with Crippen LogP contribution in [0.15, 0.2) is 23.1 Å². The number of rotatable bonds is 3. The lowest BCUT2D eigenvalue weighted by atomic mass is 10.0. The third-order valence-corrected chi connectivity index (χ3v) is 4.09. The van der Waals surface area contributed by atoms with Gasteiger partial charge in [-0.05, 0) is 51.5 Å². The van der Waals surface area contributed by atoms with Crippen LogP contribution in [0.3, 0.4) is 0 Å². The summed E-state index contributed by atoms with van der Waals surface area (Å²) in [5.41, 5.74) is 0.695. The van der Waals surface area contributed by atoms with Gasteiger partial charge in [-0.2, -0.15) is 0 Å². The van der Waals surface area contributed by atoms with E-state index in [1.807, 2.05) is 0 Å². The van der Waals surface area contributed by atoms with Gasteiger partial charge in [0.05, 0.1) is 16.4 Å². The van der Waals surface area contributed by atoms with Crippen molar-refractivity contribution in [2.45, 2.75) is 44.1 Å². The molecular formula is C13H18N2O4S. The van der Waals surface area contributed by atoms with Crippen LogP contribution in [0.2, 0.25) is 0 Å². The fourth-order valence-electron chi connectivity index (χ4n) is 1.79. The summed E-state index contributed by atoms with van der Waals surface area (Å²) in [5, 5.41) is 2.70. The number of fused-ring (bicyclic) bond motifs is 1. The summed E-state index contributed by atoms with van der Waals surface area (Å²) in [6, 6.07) is 4.51. The number of benzene rings is 1. The van der Waals surface area contributed by atoms with Gasteiger partial charge in [-0.15, -0.1) is 0 Å². The van der Waals surface area contributed by atoms with Crippen molar-refractivity contribution in [1.29, 1.82) is 0 Å². The molecule has 1 heterocycles. The summed E-state index contributed by atoms with van der Waals surface area (Å²) in [6.45, 7) is 6.95.